The molecule has 0 saturated heterocycles. The SMILES string of the molecule is CN(C)CC(NC(=O)COc1ccc([N+](=O)[O-])cc1)c1ccccc1. The highest BCUT2D eigenvalue weighted by atomic mass is 16.6. The zero-order chi connectivity index (χ0) is 18.2. The summed E-state index contributed by atoms with van der Waals surface area (Å²) in [4.78, 5) is 24.3. The van der Waals surface area contributed by atoms with Crippen molar-refractivity contribution >= 4 is 11.6 Å². The van der Waals surface area contributed by atoms with Gasteiger partial charge in [-0.15, -0.1) is 0 Å². The largest absolute Gasteiger partial charge is 0.484 e. The molecular weight excluding hydrogens is 322 g/mol. The lowest BCUT2D eigenvalue weighted by atomic mass is 10.1. The molecule has 2 rings (SSSR count). The zero-order valence-electron chi connectivity index (χ0n) is 14.2. The highest BCUT2D eigenvalue weighted by Crippen LogP contribution is 2.17. The summed E-state index contributed by atoms with van der Waals surface area (Å²) in [6, 6.07) is 15.2. The smallest absolute Gasteiger partial charge is 0.269 e. The summed E-state index contributed by atoms with van der Waals surface area (Å²) in [5.41, 5.74) is 0.992. The average molecular weight is 343 g/mol. The molecule has 1 atom stereocenters. The highest BCUT2D eigenvalue weighted by Gasteiger charge is 2.16. The van der Waals surface area contributed by atoms with Gasteiger partial charge in [-0.05, 0) is 31.8 Å². The fourth-order valence-corrected chi connectivity index (χ4v) is 2.33. The first-order chi connectivity index (χ1) is 12.0. The van der Waals surface area contributed by atoms with Gasteiger partial charge in [0, 0.05) is 18.7 Å². The van der Waals surface area contributed by atoms with Crippen LogP contribution in [0.2, 0.25) is 0 Å². The number of nitro benzene ring substituents is 1. The van der Waals surface area contributed by atoms with E-state index in [1.54, 1.807) is 0 Å². The Labute approximate surface area is 146 Å². The molecule has 0 saturated carbocycles. The topological polar surface area (TPSA) is 84.7 Å². The second kappa shape index (κ2) is 8.79. The lowest BCUT2D eigenvalue weighted by Crippen LogP contribution is -2.37. The lowest BCUT2D eigenvalue weighted by Gasteiger charge is -2.23. The van der Waals surface area contributed by atoms with Crippen molar-refractivity contribution in [2.75, 3.05) is 27.2 Å². The number of nitro groups is 1. The minimum atomic E-state index is -0.484. The monoisotopic (exact) mass is 343 g/mol. The molecule has 0 radical (unpaired) electrons. The Kier molecular flexibility index (Phi) is 6.47. The van der Waals surface area contributed by atoms with Crippen LogP contribution in [0.5, 0.6) is 5.75 Å². The molecule has 0 heterocycles. The number of amides is 1. The third-order valence-electron chi connectivity index (χ3n) is 3.50. The second-order valence-corrected chi connectivity index (χ2v) is 5.83. The van der Waals surface area contributed by atoms with Gasteiger partial charge in [-0.3, -0.25) is 14.9 Å². The van der Waals surface area contributed by atoms with Crippen molar-refractivity contribution in [2.45, 2.75) is 6.04 Å². The van der Waals surface area contributed by atoms with Crippen LogP contribution in [-0.2, 0) is 4.79 Å². The van der Waals surface area contributed by atoms with E-state index in [2.05, 4.69) is 5.32 Å². The fourth-order valence-electron chi connectivity index (χ4n) is 2.33. The average Bonchev–Trinajstić information content (AvgIpc) is 2.60. The maximum atomic E-state index is 12.2. The number of hydrogen-bond acceptors (Lipinski definition) is 5. The Morgan fingerprint density at radius 1 is 1.16 bits per heavy atom. The quantitative estimate of drug-likeness (QED) is 0.588. The summed E-state index contributed by atoms with van der Waals surface area (Å²) in [6.45, 7) is 0.502. The predicted molar refractivity (Wildman–Crippen MR) is 94.5 cm³/mol. The van der Waals surface area contributed by atoms with Gasteiger partial charge in [0.05, 0.1) is 11.0 Å². The number of carbonyl (C=O) groups excluding carboxylic acids is 1. The van der Waals surface area contributed by atoms with Gasteiger partial charge in [0.25, 0.3) is 11.6 Å². The minimum absolute atomic E-state index is 0.0214. The first kappa shape index (κ1) is 18.4. The van der Waals surface area contributed by atoms with E-state index in [4.69, 9.17) is 4.74 Å². The number of carbonyl (C=O) groups is 1. The molecule has 0 spiro atoms. The number of ether oxygens (including phenoxy) is 1. The Morgan fingerprint density at radius 2 is 1.80 bits per heavy atom. The van der Waals surface area contributed by atoms with E-state index in [1.165, 1.54) is 24.3 Å². The maximum absolute atomic E-state index is 12.2. The fraction of sp³-hybridized carbons (Fsp3) is 0.278. The van der Waals surface area contributed by atoms with Gasteiger partial charge in [0.1, 0.15) is 5.75 Å². The summed E-state index contributed by atoms with van der Waals surface area (Å²) >= 11 is 0. The van der Waals surface area contributed by atoms with E-state index in [-0.39, 0.29) is 24.2 Å². The van der Waals surface area contributed by atoms with Gasteiger partial charge in [-0.1, -0.05) is 30.3 Å². The highest BCUT2D eigenvalue weighted by molar-refractivity contribution is 5.78. The van der Waals surface area contributed by atoms with Gasteiger partial charge in [-0.25, -0.2) is 0 Å². The molecule has 0 fully saturated rings. The first-order valence-corrected chi connectivity index (χ1v) is 7.82. The van der Waals surface area contributed by atoms with Gasteiger partial charge >= 0.3 is 0 Å². The minimum Gasteiger partial charge on any atom is -0.484 e. The summed E-state index contributed by atoms with van der Waals surface area (Å²) in [5.74, 6) is 0.152. The Balaban J connectivity index is 1.93. The molecule has 25 heavy (non-hydrogen) atoms. The second-order valence-electron chi connectivity index (χ2n) is 5.83. The van der Waals surface area contributed by atoms with Crippen LogP contribution in [0.1, 0.15) is 11.6 Å². The van der Waals surface area contributed by atoms with Crippen molar-refractivity contribution in [1.29, 1.82) is 0 Å². The summed E-state index contributed by atoms with van der Waals surface area (Å²) < 4.78 is 5.40. The van der Waals surface area contributed by atoms with Crippen LogP contribution >= 0.6 is 0 Å². The van der Waals surface area contributed by atoms with E-state index >= 15 is 0 Å². The molecule has 0 aromatic heterocycles. The van der Waals surface area contributed by atoms with Crippen LogP contribution in [0.3, 0.4) is 0 Å². The molecule has 7 nitrogen and oxygen atoms in total. The van der Waals surface area contributed by atoms with E-state index in [1.807, 2.05) is 49.3 Å². The van der Waals surface area contributed by atoms with Crippen LogP contribution in [-0.4, -0.2) is 43.0 Å². The molecule has 1 unspecified atom stereocenters. The molecule has 132 valence electrons. The number of nitrogens with zero attached hydrogens (tertiary/aromatic N) is 2. The predicted octanol–water partition coefficient (Wildman–Crippen LogP) is 2.39. The lowest BCUT2D eigenvalue weighted by molar-refractivity contribution is -0.384. The Morgan fingerprint density at radius 3 is 2.36 bits per heavy atom. The number of nitrogens with one attached hydrogen (secondary N) is 1. The standard InChI is InChI=1S/C18H21N3O4/c1-20(2)12-17(14-6-4-3-5-7-14)19-18(22)13-25-16-10-8-15(9-11-16)21(23)24/h3-11,17H,12-13H2,1-2H3,(H,19,22). The van der Waals surface area contributed by atoms with E-state index < -0.39 is 4.92 Å². The molecule has 0 aliphatic carbocycles. The molecule has 2 aromatic rings. The van der Waals surface area contributed by atoms with Gasteiger partial charge < -0.3 is 15.0 Å². The van der Waals surface area contributed by atoms with Crippen molar-refractivity contribution in [3.05, 3.63) is 70.3 Å². The number of non-ortho nitro benzene ring substituents is 1. The van der Waals surface area contributed by atoms with Crippen LogP contribution in [0.25, 0.3) is 0 Å². The molecule has 2 aromatic carbocycles. The van der Waals surface area contributed by atoms with E-state index in [9.17, 15) is 14.9 Å². The molecule has 0 aliphatic heterocycles. The van der Waals surface area contributed by atoms with Crippen LogP contribution in [0.15, 0.2) is 54.6 Å². The van der Waals surface area contributed by atoms with Gasteiger partial charge in [-0.2, -0.15) is 0 Å². The zero-order valence-corrected chi connectivity index (χ0v) is 14.2. The van der Waals surface area contributed by atoms with Gasteiger partial charge in [0.2, 0.25) is 0 Å². The van der Waals surface area contributed by atoms with E-state index in [0.717, 1.165) is 5.56 Å². The normalized spacial score (nSPS) is 11.8. The van der Waals surface area contributed by atoms with Crippen molar-refractivity contribution in [2.24, 2.45) is 0 Å². The number of likely N-dealkylation sites (N-methyl/N-ethyl adjacent to an activating group) is 1. The Hall–Kier alpha value is -2.93. The van der Waals surface area contributed by atoms with Crippen LogP contribution in [0, 0.1) is 10.1 Å². The van der Waals surface area contributed by atoms with Crippen LogP contribution in [0.4, 0.5) is 5.69 Å². The first-order valence-electron chi connectivity index (χ1n) is 7.82. The third kappa shape index (κ3) is 5.89. The van der Waals surface area contributed by atoms with Crippen molar-refractivity contribution in [3.8, 4) is 5.75 Å². The van der Waals surface area contributed by atoms with Gasteiger partial charge in [0.15, 0.2) is 6.61 Å². The molecule has 1 amide bonds. The number of rotatable bonds is 8. The van der Waals surface area contributed by atoms with E-state index in [0.29, 0.717) is 12.3 Å². The molecule has 0 aliphatic rings. The number of hydrogen-bond donors (Lipinski definition) is 1. The molecule has 0 bridgehead atoms. The Bertz CT molecular complexity index is 702. The molecule has 7 heteroatoms. The van der Waals surface area contributed by atoms with Crippen LogP contribution < -0.4 is 10.1 Å². The molecule has 1 N–H and O–H groups in total. The van der Waals surface area contributed by atoms with Crippen molar-refractivity contribution in [1.82, 2.24) is 10.2 Å². The molecular formula is C18H21N3O4. The van der Waals surface area contributed by atoms with Crippen molar-refractivity contribution < 1.29 is 14.5 Å². The third-order valence-corrected chi connectivity index (χ3v) is 3.50. The summed E-state index contributed by atoms with van der Waals surface area (Å²) in [6.07, 6.45) is 0. The maximum Gasteiger partial charge on any atom is 0.269 e. The summed E-state index contributed by atoms with van der Waals surface area (Å²) in [7, 11) is 3.88. The summed E-state index contributed by atoms with van der Waals surface area (Å²) in [5, 5.41) is 13.6. The van der Waals surface area contributed by atoms with Crippen molar-refractivity contribution in [3.63, 3.8) is 0 Å². The number of benzene rings is 2.